The maximum Gasteiger partial charge on any atom is 0.180 e. The monoisotopic (exact) mass is 816 g/mol. The van der Waals surface area contributed by atoms with Gasteiger partial charge in [-0.2, -0.15) is 0 Å². The molecule has 0 unspecified atom stereocenters. The standard InChI is InChI=1S/C60H40N2Si/c1-5-18-44(19-6-1)61-54-29-15-13-26-49(54)53-38-41(34-37-56(53)61)42-32-35-50-51-36-33-43(40-59(51)63(58(50)39-42,46-22-9-3-10-23-46)47-24-11-4-12-25-47)48-28-17-31-57-60(48)52-27-14-16-30-55(52)62(57)45-20-7-2-8-21-45/h1-40H. The molecule has 3 heterocycles. The lowest BCUT2D eigenvalue weighted by atomic mass is 9.96. The first kappa shape index (κ1) is 35.7. The molecule has 0 saturated heterocycles. The number of para-hydroxylation sites is 4. The smallest absolute Gasteiger partial charge is 0.180 e. The quantitative estimate of drug-likeness (QED) is 0.148. The van der Waals surface area contributed by atoms with Crippen LogP contribution in [-0.2, 0) is 0 Å². The Hall–Kier alpha value is -7.98. The Morgan fingerprint density at radius 3 is 1.35 bits per heavy atom. The number of aromatic nitrogens is 2. The van der Waals surface area contributed by atoms with E-state index < -0.39 is 8.07 Å². The van der Waals surface area contributed by atoms with E-state index in [1.54, 1.807) is 0 Å². The third-order valence-corrected chi connectivity index (χ3v) is 18.4. The Labute approximate surface area is 367 Å². The molecule has 2 nitrogen and oxygen atoms in total. The third-order valence-electron chi connectivity index (χ3n) is 13.6. The molecule has 0 aliphatic carbocycles. The molecule has 0 N–H and O–H groups in total. The van der Waals surface area contributed by atoms with Crippen molar-refractivity contribution in [2.75, 3.05) is 0 Å². The molecule has 1 aliphatic rings. The van der Waals surface area contributed by atoms with Crippen molar-refractivity contribution < 1.29 is 0 Å². The van der Waals surface area contributed by atoms with Gasteiger partial charge in [0.15, 0.2) is 8.07 Å². The van der Waals surface area contributed by atoms with Crippen molar-refractivity contribution in [2.45, 2.75) is 0 Å². The molecule has 1 aliphatic heterocycles. The number of fused-ring (bicyclic) bond motifs is 9. The molecule has 63 heavy (non-hydrogen) atoms. The van der Waals surface area contributed by atoms with Crippen LogP contribution in [0.4, 0.5) is 0 Å². The fourth-order valence-electron chi connectivity index (χ4n) is 11.0. The van der Waals surface area contributed by atoms with Crippen LogP contribution in [0.1, 0.15) is 0 Å². The van der Waals surface area contributed by atoms with Crippen molar-refractivity contribution in [2.24, 2.45) is 0 Å². The Morgan fingerprint density at radius 1 is 0.270 bits per heavy atom. The fourth-order valence-corrected chi connectivity index (χ4v) is 16.2. The maximum atomic E-state index is 2.56. The summed E-state index contributed by atoms with van der Waals surface area (Å²) in [4.78, 5) is 0. The predicted molar refractivity (Wildman–Crippen MR) is 269 cm³/mol. The molecule has 294 valence electrons. The van der Waals surface area contributed by atoms with Crippen LogP contribution in [-0.4, -0.2) is 17.2 Å². The molecule has 0 atom stereocenters. The average molecular weight is 817 g/mol. The van der Waals surface area contributed by atoms with E-state index in [1.165, 1.54) is 109 Å². The van der Waals surface area contributed by atoms with Crippen molar-refractivity contribution in [1.29, 1.82) is 0 Å². The van der Waals surface area contributed by atoms with Gasteiger partial charge in [0, 0.05) is 32.9 Å². The minimum Gasteiger partial charge on any atom is -0.309 e. The van der Waals surface area contributed by atoms with Crippen LogP contribution < -0.4 is 20.7 Å². The van der Waals surface area contributed by atoms with Crippen LogP contribution in [0.15, 0.2) is 243 Å². The number of nitrogens with zero attached hydrogens (tertiary/aromatic N) is 2. The van der Waals surface area contributed by atoms with Gasteiger partial charge in [-0.25, -0.2) is 0 Å². The summed E-state index contributed by atoms with van der Waals surface area (Å²) in [6.45, 7) is 0. The lowest BCUT2D eigenvalue weighted by molar-refractivity contribution is 1.18. The first-order chi connectivity index (χ1) is 31.3. The summed E-state index contributed by atoms with van der Waals surface area (Å²) in [5, 5.41) is 10.7. The highest BCUT2D eigenvalue weighted by atomic mass is 28.3. The molecule has 0 amide bonds. The number of rotatable bonds is 6. The highest BCUT2D eigenvalue weighted by Crippen LogP contribution is 2.41. The van der Waals surface area contributed by atoms with Gasteiger partial charge in [0.1, 0.15) is 0 Å². The van der Waals surface area contributed by atoms with Gasteiger partial charge in [0.2, 0.25) is 0 Å². The van der Waals surface area contributed by atoms with Crippen LogP contribution in [0.5, 0.6) is 0 Å². The van der Waals surface area contributed by atoms with E-state index in [1.807, 2.05) is 0 Å². The van der Waals surface area contributed by atoms with Crippen molar-refractivity contribution in [3.05, 3.63) is 243 Å². The van der Waals surface area contributed by atoms with Crippen LogP contribution in [0.3, 0.4) is 0 Å². The number of hydrogen-bond acceptors (Lipinski definition) is 0. The molecule has 3 heteroatoms. The highest BCUT2D eigenvalue weighted by molar-refractivity contribution is 7.22. The number of hydrogen-bond donors (Lipinski definition) is 0. The first-order valence-electron chi connectivity index (χ1n) is 21.8. The predicted octanol–water partition coefficient (Wildman–Crippen LogP) is 12.6. The van der Waals surface area contributed by atoms with E-state index >= 15 is 0 Å². The average Bonchev–Trinajstić information content (AvgIpc) is 3.98. The summed E-state index contributed by atoms with van der Waals surface area (Å²) in [7, 11) is -2.87. The molecule has 12 aromatic rings. The summed E-state index contributed by atoms with van der Waals surface area (Å²) in [5.41, 5.74) is 14.8. The largest absolute Gasteiger partial charge is 0.309 e. The summed E-state index contributed by atoms with van der Waals surface area (Å²) in [6, 6.07) is 90.5. The molecule has 2 aromatic heterocycles. The van der Waals surface area contributed by atoms with Crippen molar-refractivity contribution >= 4 is 72.4 Å². The zero-order chi connectivity index (χ0) is 41.5. The zero-order valence-corrected chi connectivity index (χ0v) is 35.5. The fraction of sp³-hybridized carbons (Fsp3) is 0. The van der Waals surface area contributed by atoms with Gasteiger partial charge in [-0.3, -0.25) is 0 Å². The minimum atomic E-state index is -2.87. The SMILES string of the molecule is c1ccc(-n2c3ccccc3c3cc(-c4ccc5c(c4)[Si](c4ccccc4)(c4ccccc4)c4cc(-c6cccc7c6c6ccccc6n7-c6ccccc6)ccc4-5)ccc32)cc1. The summed E-state index contributed by atoms with van der Waals surface area (Å²) in [5.74, 6) is 0. The second-order valence-corrected chi connectivity index (χ2v) is 20.5. The Morgan fingerprint density at radius 2 is 0.714 bits per heavy atom. The van der Waals surface area contributed by atoms with Gasteiger partial charge in [0.25, 0.3) is 0 Å². The molecule has 13 rings (SSSR count). The second-order valence-electron chi connectivity index (χ2n) is 16.8. The molecule has 0 saturated carbocycles. The molecule has 0 bridgehead atoms. The summed E-state index contributed by atoms with van der Waals surface area (Å²) < 4.78 is 4.82. The van der Waals surface area contributed by atoms with E-state index in [2.05, 4.69) is 252 Å². The molecule has 0 radical (unpaired) electrons. The van der Waals surface area contributed by atoms with Gasteiger partial charge in [-0.1, -0.05) is 188 Å². The highest BCUT2D eigenvalue weighted by Gasteiger charge is 2.49. The van der Waals surface area contributed by atoms with E-state index in [0.29, 0.717) is 0 Å². The van der Waals surface area contributed by atoms with Crippen LogP contribution >= 0.6 is 0 Å². The summed E-state index contributed by atoms with van der Waals surface area (Å²) in [6.07, 6.45) is 0. The summed E-state index contributed by atoms with van der Waals surface area (Å²) >= 11 is 0. The second kappa shape index (κ2) is 14.0. The van der Waals surface area contributed by atoms with Crippen LogP contribution in [0, 0.1) is 0 Å². The Bertz CT molecular complexity index is 3680. The van der Waals surface area contributed by atoms with E-state index in [4.69, 9.17) is 0 Å². The van der Waals surface area contributed by atoms with E-state index in [9.17, 15) is 0 Å². The van der Waals surface area contributed by atoms with Crippen molar-refractivity contribution in [3.8, 4) is 44.8 Å². The Kier molecular flexibility index (Phi) is 7.96. The Balaban J connectivity index is 1.05. The van der Waals surface area contributed by atoms with Gasteiger partial charge in [-0.15, -0.1) is 0 Å². The van der Waals surface area contributed by atoms with Gasteiger partial charge in [-0.05, 0) is 109 Å². The topological polar surface area (TPSA) is 9.86 Å². The van der Waals surface area contributed by atoms with Crippen molar-refractivity contribution in [3.63, 3.8) is 0 Å². The van der Waals surface area contributed by atoms with Crippen LogP contribution in [0.2, 0.25) is 0 Å². The van der Waals surface area contributed by atoms with Gasteiger partial charge < -0.3 is 9.13 Å². The van der Waals surface area contributed by atoms with Crippen molar-refractivity contribution in [1.82, 2.24) is 9.13 Å². The lowest BCUT2D eigenvalue weighted by Gasteiger charge is -2.32. The van der Waals surface area contributed by atoms with Gasteiger partial charge >= 0.3 is 0 Å². The van der Waals surface area contributed by atoms with Gasteiger partial charge in [0.05, 0.1) is 22.1 Å². The molecule has 10 aromatic carbocycles. The lowest BCUT2D eigenvalue weighted by Crippen LogP contribution is -2.72. The number of benzene rings is 10. The van der Waals surface area contributed by atoms with Crippen LogP contribution in [0.25, 0.3) is 88.4 Å². The normalized spacial score (nSPS) is 12.9. The zero-order valence-electron chi connectivity index (χ0n) is 34.5. The molecule has 0 spiro atoms. The van der Waals surface area contributed by atoms with E-state index in [-0.39, 0.29) is 0 Å². The minimum absolute atomic E-state index is 1.17. The first-order valence-corrected chi connectivity index (χ1v) is 23.8. The maximum absolute atomic E-state index is 2.87. The molecule has 0 fully saturated rings. The third kappa shape index (κ3) is 5.24. The molecular weight excluding hydrogens is 777 g/mol. The molecular formula is C60H40N2Si. The van der Waals surface area contributed by atoms with E-state index in [0.717, 1.165) is 0 Å².